The number of oxazole rings is 1. The lowest BCUT2D eigenvalue weighted by Gasteiger charge is -2.14. The van der Waals surface area contributed by atoms with Crippen molar-refractivity contribution in [2.24, 2.45) is 42.3 Å². The summed E-state index contributed by atoms with van der Waals surface area (Å²) in [7, 11) is 12.8. The lowest BCUT2D eigenvalue weighted by Crippen LogP contribution is -2.32. The maximum absolute atomic E-state index is 5.44. The van der Waals surface area contributed by atoms with Gasteiger partial charge in [-0.25, -0.2) is 33.2 Å². The van der Waals surface area contributed by atoms with Gasteiger partial charge in [0.1, 0.15) is 50.8 Å². The molecule has 106 heavy (non-hydrogen) atoms. The Morgan fingerprint density at radius 2 is 0.651 bits per heavy atom. The fraction of sp³-hybridized carbons (Fsp3) is 0.242. The first-order chi connectivity index (χ1) is 49.6. The van der Waals surface area contributed by atoms with Crippen LogP contribution in [-0.4, -0.2) is 51.5 Å². The predicted molar refractivity (Wildman–Crippen MR) is 443 cm³/mol. The van der Waals surface area contributed by atoms with Crippen molar-refractivity contribution in [3.63, 3.8) is 0 Å². The quantitative estimate of drug-likeness (QED) is 0.163. The molecular weight excluding hydrogens is 1310 g/mol. The summed E-state index contributed by atoms with van der Waals surface area (Å²) in [4.78, 5) is 13.9. The van der Waals surface area contributed by atoms with E-state index in [1.807, 2.05) is 31.2 Å². The zero-order valence-corrected chi connectivity index (χ0v) is 62.6. The Hall–Kier alpha value is -12.0. The molecule has 19 aromatic rings. The van der Waals surface area contributed by atoms with Crippen LogP contribution >= 0.6 is 0 Å². The molecule has 15 heteroatoms. The molecule has 19 rings (SSSR count). The molecule has 0 radical (unpaired) electrons. The second-order valence-corrected chi connectivity index (χ2v) is 27.8. The van der Waals surface area contributed by atoms with Crippen molar-refractivity contribution < 1.29 is 18.0 Å². The molecular formula is C91H101N13O2+2. The molecule has 9 aromatic carbocycles. The second kappa shape index (κ2) is 28.6. The van der Waals surface area contributed by atoms with Crippen molar-refractivity contribution in [2.75, 3.05) is 0 Å². The Labute approximate surface area is 621 Å². The van der Waals surface area contributed by atoms with Crippen LogP contribution in [-0.2, 0) is 42.3 Å². The molecule has 0 N–H and O–H groups in total. The molecule has 10 aromatic heterocycles. The molecule has 15 nitrogen and oxygen atoms in total. The number of aromatic nitrogens is 13. The first-order valence-corrected chi connectivity index (χ1v) is 35.3. The molecule has 10 heterocycles. The SMILES string of the molecule is C.C.C.Cc1cccc(C)c1-n1c(C)nc2c1c1ccccc1n2C.Cc1cccc(C)c1-n1c(C)nc2c3ccccc3n(C)c21.Cc1cccc(C)c1-n1c2ccccc2c2c1[n+](C)c(C)n2C.Cc1cccc(C)c1-n1c2ccccc2c2c1[n+](C)c(C)n2C.Cc1nc2c(o1)oc1ccccc12. The fourth-order valence-electron chi connectivity index (χ4n) is 16.1. The van der Waals surface area contributed by atoms with Crippen LogP contribution in [0.4, 0.5) is 0 Å². The number of nitrogens with zero attached hydrogens (tertiary/aromatic N) is 13. The topological polar surface area (TPSA) is 112 Å². The van der Waals surface area contributed by atoms with Gasteiger partial charge in [0.15, 0.2) is 28.1 Å². The van der Waals surface area contributed by atoms with Gasteiger partial charge in [0, 0.05) is 45.6 Å². The van der Waals surface area contributed by atoms with Gasteiger partial charge >= 0.3 is 5.78 Å². The van der Waals surface area contributed by atoms with E-state index in [2.05, 4.69) is 346 Å². The van der Waals surface area contributed by atoms with E-state index < -0.39 is 0 Å². The van der Waals surface area contributed by atoms with Crippen LogP contribution in [0.1, 0.15) is 96.0 Å². The minimum absolute atomic E-state index is 0. The van der Waals surface area contributed by atoms with Gasteiger partial charge in [0.05, 0.1) is 72.3 Å². The summed E-state index contributed by atoms with van der Waals surface area (Å²) in [5, 5.41) is 6.08. The maximum Gasteiger partial charge on any atom is 0.319 e. The third-order valence-corrected chi connectivity index (χ3v) is 21.3. The van der Waals surface area contributed by atoms with Crippen molar-refractivity contribution in [1.82, 2.24) is 51.5 Å². The molecule has 0 atom stereocenters. The van der Waals surface area contributed by atoms with Crippen LogP contribution in [0.5, 0.6) is 0 Å². The molecule has 0 fully saturated rings. The van der Waals surface area contributed by atoms with E-state index in [0.29, 0.717) is 11.7 Å². The number of furan rings is 1. The zero-order chi connectivity index (χ0) is 72.3. The zero-order valence-electron chi connectivity index (χ0n) is 62.6. The van der Waals surface area contributed by atoms with Crippen LogP contribution < -0.4 is 9.13 Å². The number of para-hydroxylation sites is 9. The van der Waals surface area contributed by atoms with Crippen LogP contribution in [0.15, 0.2) is 203 Å². The maximum atomic E-state index is 5.44. The molecule has 0 amide bonds. The van der Waals surface area contributed by atoms with Crippen LogP contribution in [0.25, 0.3) is 133 Å². The van der Waals surface area contributed by atoms with Crippen LogP contribution in [0.2, 0.25) is 0 Å². The van der Waals surface area contributed by atoms with Gasteiger partial charge in [0.25, 0.3) is 11.3 Å². The van der Waals surface area contributed by atoms with E-state index in [1.165, 1.54) is 150 Å². The number of rotatable bonds is 4. The summed E-state index contributed by atoms with van der Waals surface area (Å²) in [6.45, 7) is 27.7. The number of benzene rings is 9. The van der Waals surface area contributed by atoms with Crippen molar-refractivity contribution >= 4 is 111 Å². The second-order valence-electron chi connectivity index (χ2n) is 27.8. The summed E-state index contributed by atoms with van der Waals surface area (Å²) < 4.78 is 33.8. The van der Waals surface area contributed by atoms with Crippen molar-refractivity contribution in [1.29, 1.82) is 0 Å². The highest BCUT2D eigenvalue weighted by atomic mass is 16.5. The smallest absolute Gasteiger partial charge is 0.319 e. The Bertz CT molecular complexity index is 6310. The molecule has 0 aliphatic carbocycles. The van der Waals surface area contributed by atoms with Crippen LogP contribution in [0.3, 0.4) is 0 Å². The van der Waals surface area contributed by atoms with Gasteiger partial charge in [-0.15, -0.1) is 0 Å². The van der Waals surface area contributed by atoms with Gasteiger partial charge in [-0.1, -0.05) is 168 Å². The third kappa shape index (κ3) is 11.7. The first-order valence-electron chi connectivity index (χ1n) is 35.3. The minimum Gasteiger partial charge on any atom is -0.424 e. The first kappa shape index (κ1) is 73.8. The monoisotopic (exact) mass is 1410 g/mol. The number of imidazole rings is 4. The van der Waals surface area contributed by atoms with E-state index in [1.54, 1.807) is 0 Å². The van der Waals surface area contributed by atoms with Gasteiger partial charge in [-0.2, -0.15) is 0 Å². The van der Waals surface area contributed by atoms with Gasteiger partial charge < -0.3 is 18.0 Å². The number of aryl methyl sites for hydroxylation is 17. The van der Waals surface area contributed by atoms with E-state index in [-0.39, 0.29) is 22.3 Å². The van der Waals surface area contributed by atoms with Gasteiger partial charge in [-0.3, -0.25) is 18.3 Å². The molecule has 0 aliphatic rings. The molecule has 0 saturated heterocycles. The molecule has 0 unspecified atom stereocenters. The lowest BCUT2D eigenvalue weighted by atomic mass is 10.1. The van der Waals surface area contributed by atoms with Crippen molar-refractivity contribution in [3.05, 3.63) is 268 Å². The van der Waals surface area contributed by atoms with Crippen molar-refractivity contribution in [3.8, 4) is 22.7 Å². The number of fused-ring (bicyclic) bond motifs is 15. The predicted octanol–water partition coefficient (Wildman–Crippen LogP) is 21.4. The normalized spacial score (nSPS) is 11.3. The molecule has 0 bridgehead atoms. The average Bonchev–Trinajstić information content (AvgIpc) is 1.55. The van der Waals surface area contributed by atoms with Crippen molar-refractivity contribution in [2.45, 2.75) is 112 Å². The highest BCUT2D eigenvalue weighted by molar-refractivity contribution is 6.09. The molecule has 0 spiro atoms. The van der Waals surface area contributed by atoms with Crippen LogP contribution in [0, 0.1) is 90.0 Å². The van der Waals surface area contributed by atoms with E-state index in [4.69, 9.17) is 18.8 Å². The van der Waals surface area contributed by atoms with E-state index >= 15 is 0 Å². The summed E-state index contributed by atoms with van der Waals surface area (Å²) in [5.74, 6) is 5.71. The Kier molecular flexibility index (Phi) is 19.9. The Morgan fingerprint density at radius 3 is 1.09 bits per heavy atom. The highest BCUT2D eigenvalue weighted by Crippen LogP contribution is 2.38. The third-order valence-electron chi connectivity index (χ3n) is 21.3. The van der Waals surface area contributed by atoms with E-state index in [9.17, 15) is 0 Å². The number of hydrogen-bond acceptors (Lipinski definition) is 5. The summed E-state index contributed by atoms with van der Waals surface area (Å²) in [6, 6.07) is 68.0. The lowest BCUT2D eigenvalue weighted by molar-refractivity contribution is -0.654. The van der Waals surface area contributed by atoms with Gasteiger partial charge in [-0.05, 0) is 162 Å². The largest absolute Gasteiger partial charge is 0.424 e. The standard InChI is InChI=1S/2C20H22N3.2C19H19N3.C10H7NO2.3CH4/c2*1-13-9-8-10-14(2)18(13)23-17-12-7-6-11-16(17)19-20(23)22(5)15(3)21(19)4;1-12-8-7-9-13(2)18(12)22-14(3)20-17-15-10-5-6-11-16(15)21(4)19(17)22;1-12-8-7-9-13(2)17(12)22-14(3)20-19-18(22)15-10-5-6-11-16(15)21(19)4;1-6-11-9-7-4-2-3-5-8(7)13-10(9)12-6;;;/h2*6-12H,1-5H3;2*5-11H,1-4H3;2-5H,1H3;3*1H4/q2*+1;;;;;;. The van der Waals surface area contributed by atoms with E-state index in [0.717, 1.165) is 44.9 Å². The minimum atomic E-state index is 0. The molecule has 0 aliphatic heterocycles. The highest BCUT2D eigenvalue weighted by Gasteiger charge is 2.31. The summed E-state index contributed by atoms with van der Waals surface area (Å²) >= 11 is 0. The molecule has 0 saturated carbocycles. The Morgan fingerprint density at radius 1 is 0.302 bits per heavy atom. The molecule has 540 valence electrons. The fourth-order valence-corrected chi connectivity index (χ4v) is 16.1. The number of hydrogen-bond donors (Lipinski definition) is 0. The Balaban J connectivity index is 0.000000124. The average molecular weight is 1410 g/mol. The van der Waals surface area contributed by atoms with Gasteiger partial charge in [0.2, 0.25) is 11.6 Å². The summed E-state index contributed by atoms with van der Waals surface area (Å²) in [6.07, 6.45) is 0. The summed E-state index contributed by atoms with van der Waals surface area (Å²) in [5.41, 5.74) is 31.6.